The lowest BCUT2D eigenvalue weighted by Gasteiger charge is -2.17. The van der Waals surface area contributed by atoms with E-state index < -0.39 is 31.7 Å². The average Bonchev–Trinajstić information content (AvgIpc) is 2.32. The van der Waals surface area contributed by atoms with E-state index in [0.717, 1.165) is 0 Å². The molecule has 1 aromatic carbocycles. The van der Waals surface area contributed by atoms with Gasteiger partial charge in [0, 0.05) is 16.5 Å². The number of aliphatic hydroxyl groups excluding tert-OH is 1. The predicted octanol–water partition coefficient (Wildman–Crippen LogP) is 3.81. The number of hydrogen-bond donors (Lipinski definition) is 1. The van der Waals surface area contributed by atoms with Crippen LogP contribution < -0.4 is 0 Å². The Morgan fingerprint density at radius 3 is 2.45 bits per heavy atom. The van der Waals surface area contributed by atoms with Crippen LogP contribution in [0.25, 0.3) is 0 Å². The van der Waals surface area contributed by atoms with Gasteiger partial charge in [-0.3, -0.25) is 0 Å². The fourth-order valence-electron chi connectivity index (χ4n) is 1.39. The zero-order chi connectivity index (χ0) is 15.3. The Bertz CT molecular complexity index is 443. The molecule has 0 aliphatic heterocycles. The monoisotopic (exact) mass is 334 g/mol. The molecule has 1 rings (SSSR count). The first-order chi connectivity index (χ1) is 9.22. The molecule has 8 heteroatoms. The fraction of sp³-hybridized carbons (Fsp3) is 0.500. The van der Waals surface area contributed by atoms with Crippen molar-refractivity contribution < 1.29 is 27.4 Å². The van der Waals surface area contributed by atoms with E-state index in [4.69, 9.17) is 23.2 Å². The van der Waals surface area contributed by atoms with Gasteiger partial charge < -0.3 is 9.84 Å². The highest BCUT2D eigenvalue weighted by Gasteiger charge is 2.41. The first-order valence-corrected chi connectivity index (χ1v) is 6.33. The number of benzene rings is 1. The highest BCUT2D eigenvalue weighted by atomic mass is 35.5. The summed E-state index contributed by atoms with van der Waals surface area (Å²) in [6, 6.07) is 4.60. The molecule has 0 amide bonds. The molecule has 0 aliphatic carbocycles. The van der Waals surface area contributed by atoms with Gasteiger partial charge in [-0.1, -0.05) is 29.3 Å². The van der Waals surface area contributed by atoms with Crippen molar-refractivity contribution in [2.45, 2.75) is 24.9 Å². The summed E-state index contributed by atoms with van der Waals surface area (Å²) < 4.78 is 53.2. The van der Waals surface area contributed by atoms with Gasteiger partial charge in [0.15, 0.2) is 0 Å². The second-order valence-corrected chi connectivity index (χ2v) is 5.01. The number of hydrogen-bond acceptors (Lipinski definition) is 2. The molecule has 0 aromatic heterocycles. The van der Waals surface area contributed by atoms with E-state index in [1.165, 1.54) is 6.07 Å². The molecule has 0 radical (unpaired) electrons. The highest BCUT2D eigenvalue weighted by molar-refractivity contribution is 6.35. The second-order valence-electron chi connectivity index (χ2n) is 4.17. The zero-order valence-corrected chi connectivity index (χ0v) is 11.6. The summed E-state index contributed by atoms with van der Waals surface area (Å²) in [4.78, 5) is 0. The Kier molecular flexibility index (Phi) is 6.51. The molecule has 1 aromatic rings. The summed E-state index contributed by atoms with van der Waals surface area (Å²) in [6.07, 6.45) is -4.90. The van der Waals surface area contributed by atoms with Gasteiger partial charge in [0.1, 0.15) is 6.61 Å². The van der Waals surface area contributed by atoms with Crippen LogP contribution in [-0.4, -0.2) is 36.8 Å². The zero-order valence-electron chi connectivity index (χ0n) is 10.1. The Balaban J connectivity index is 2.42. The minimum absolute atomic E-state index is 0.0379. The van der Waals surface area contributed by atoms with Crippen LogP contribution in [0.4, 0.5) is 17.6 Å². The van der Waals surface area contributed by atoms with Crippen LogP contribution in [0.5, 0.6) is 0 Å². The highest BCUT2D eigenvalue weighted by Crippen LogP contribution is 2.24. The summed E-state index contributed by atoms with van der Waals surface area (Å²) in [5.74, 6) is -4.22. The molecule has 1 unspecified atom stereocenters. The molecule has 20 heavy (non-hydrogen) atoms. The number of rotatable bonds is 7. The normalized spacial score (nSPS) is 13.8. The molecule has 0 fully saturated rings. The van der Waals surface area contributed by atoms with Crippen LogP contribution in [0.3, 0.4) is 0 Å². The van der Waals surface area contributed by atoms with Crippen LogP contribution in [0.1, 0.15) is 5.56 Å². The maximum absolute atomic E-state index is 12.5. The number of halogens is 6. The van der Waals surface area contributed by atoms with E-state index >= 15 is 0 Å². The second kappa shape index (κ2) is 7.45. The van der Waals surface area contributed by atoms with Crippen LogP contribution >= 0.6 is 23.2 Å². The van der Waals surface area contributed by atoms with Gasteiger partial charge in [0.25, 0.3) is 0 Å². The van der Waals surface area contributed by atoms with Crippen molar-refractivity contribution in [1.82, 2.24) is 0 Å². The molecule has 0 heterocycles. The Morgan fingerprint density at radius 2 is 1.90 bits per heavy atom. The van der Waals surface area contributed by atoms with Crippen molar-refractivity contribution in [3.05, 3.63) is 33.8 Å². The van der Waals surface area contributed by atoms with Crippen molar-refractivity contribution in [1.29, 1.82) is 0 Å². The third kappa shape index (κ3) is 5.44. The molecule has 2 nitrogen and oxygen atoms in total. The Morgan fingerprint density at radius 1 is 1.25 bits per heavy atom. The van der Waals surface area contributed by atoms with Gasteiger partial charge in [-0.2, -0.15) is 8.78 Å². The van der Waals surface area contributed by atoms with E-state index in [1.54, 1.807) is 12.1 Å². The van der Waals surface area contributed by atoms with Crippen LogP contribution in [0.2, 0.25) is 10.0 Å². The third-order valence-electron chi connectivity index (χ3n) is 2.39. The first-order valence-electron chi connectivity index (χ1n) is 5.58. The van der Waals surface area contributed by atoms with Gasteiger partial charge in [0.05, 0.1) is 12.7 Å². The van der Waals surface area contributed by atoms with E-state index in [2.05, 4.69) is 4.74 Å². The molecule has 0 bridgehead atoms. The first kappa shape index (κ1) is 17.5. The lowest BCUT2D eigenvalue weighted by molar-refractivity contribution is -0.170. The quantitative estimate of drug-likeness (QED) is 0.768. The number of ether oxygens (including phenoxy) is 1. The maximum atomic E-state index is 12.5. The SMILES string of the molecule is OC(COCC(F)(F)C(F)F)Cc1ccc(Cl)cc1Cl. The summed E-state index contributed by atoms with van der Waals surface area (Å²) in [5, 5.41) is 10.3. The van der Waals surface area contributed by atoms with E-state index in [-0.39, 0.29) is 6.42 Å². The summed E-state index contributed by atoms with van der Waals surface area (Å²) in [6.45, 7) is -1.95. The Hall–Kier alpha value is -0.560. The van der Waals surface area contributed by atoms with E-state index in [9.17, 15) is 22.7 Å². The van der Waals surface area contributed by atoms with Crippen molar-refractivity contribution >= 4 is 23.2 Å². The molecular weight excluding hydrogens is 323 g/mol. The topological polar surface area (TPSA) is 29.5 Å². The van der Waals surface area contributed by atoms with Crippen LogP contribution in [-0.2, 0) is 11.2 Å². The standard InChI is InChI=1S/C12H12Cl2F4O2/c13-8-2-1-7(10(14)4-8)3-9(19)5-20-6-12(17,18)11(15)16/h1-2,4,9,11,19H,3,5-6H2. The maximum Gasteiger partial charge on any atom is 0.330 e. The molecule has 0 spiro atoms. The molecule has 1 N–H and O–H groups in total. The molecule has 114 valence electrons. The number of aliphatic hydroxyl groups is 1. The third-order valence-corrected chi connectivity index (χ3v) is 2.98. The fourth-order valence-corrected chi connectivity index (χ4v) is 1.88. The van der Waals surface area contributed by atoms with Gasteiger partial charge in [-0.15, -0.1) is 0 Å². The van der Waals surface area contributed by atoms with Crippen molar-refractivity contribution in [3.8, 4) is 0 Å². The van der Waals surface area contributed by atoms with E-state index in [0.29, 0.717) is 15.6 Å². The minimum atomic E-state index is -4.22. The molecule has 0 saturated heterocycles. The van der Waals surface area contributed by atoms with Crippen molar-refractivity contribution in [2.75, 3.05) is 13.2 Å². The Labute approximate surface area is 123 Å². The summed E-state index contributed by atoms with van der Waals surface area (Å²) >= 11 is 11.6. The largest absolute Gasteiger partial charge is 0.390 e. The van der Waals surface area contributed by atoms with Gasteiger partial charge in [-0.25, -0.2) is 8.78 Å². The smallest absolute Gasteiger partial charge is 0.330 e. The van der Waals surface area contributed by atoms with Crippen molar-refractivity contribution in [2.24, 2.45) is 0 Å². The van der Waals surface area contributed by atoms with Crippen LogP contribution in [0, 0.1) is 0 Å². The molecule has 0 aliphatic rings. The van der Waals surface area contributed by atoms with Gasteiger partial charge in [0.2, 0.25) is 0 Å². The summed E-state index contributed by atoms with van der Waals surface area (Å²) in [7, 11) is 0. The summed E-state index contributed by atoms with van der Waals surface area (Å²) in [5.41, 5.74) is 0.549. The lowest BCUT2D eigenvalue weighted by atomic mass is 10.1. The minimum Gasteiger partial charge on any atom is -0.390 e. The number of alkyl halides is 4. The molecule has 1 atom stereocenters. The van der Waals surface area contributed by atoms with Gasteiger partial charge >= 0.3 is 12.3 Å². The predicted molar refractivity (Wildman–Crippen MR) is 67.9 cm³/mol. The van der Waals surface area contributed by atoms with E-state index in [1.807, 2.05) is 0 Å². The van der Waals surface area contributed by atoms with Crippen molar-refractivity contribution in [3.63, 3.8) is 0 Å². The molecule has 0 saturated carbocycles. The molecular formula is C12H12Cl2F4O2. The lowest BCUT2D eigenvalue weighted by Crippen LogP contribution is -2.34. The van der Waals surface area contributed by atoms with Crippen LogP contribution in [0.15, 0.2) is 18.2 Å². The average molecular weight is 335 g/mol. The van der Waals surface area contributed by atoms with Gasteiger partial charge in [-0.05, 0) is 17.7 Å².